The van der Waals surface area contributed by atoms with E-state index in [0.29, 0.717) is 12.1 Å². The summed E-state index contributed by atoms with van der Waals surface area (Å²) in [5.41, 5.74) is 5.93. The second-order valence-electron chi connectivity index (χ2n) is 5.88. The molecule has 2 atom stereocenters. The molecule has 98 valence electrons. The van der Waals surface area contributed by atoms with E-state index in [-0.39, 0.29) is 0 Å². The molecule has 0 aromatic carbocycles. The van der Waals surface area contributed by atoms with Crippen LogP contribution in [0.5, 0.6) is 0 Å². The van der Waals surface area contributed by atoms with Crippen LogP contribution >= 0.6 is 0 Å². The minimum absolute atomic E-state index is 0.429. The molecule has 3 fully saturated rings. The maximum Gasteiger partial charge on any atom is 0.0829 e. The number of likely N-dealkylation sites (tertiary alicyclic amines) is 1. The van der Waals surface area contributed by atoms with Gasteiger partial charge in [0.15, 0.2) is 0 Å². The quantitative estimate of drug-likeness (QED) is 0.751. The number of hydrogen-bond acceptors (Lipinski definition) is 4. The smallest absolute Gasteiger partial charge is 0.0829 e. The minimum atomic E-state index is 0.429. The Morgan fingerprint density at radius 3 is 2.76 bits per heavy atom. The number of ether oxygens (including phenoxy) is 1. The van der Waals surface area contributed by atoms with E-state index >= 15 is 0 Å². The van der Waals surface area contributed by atoms with Crippen LogP contribution in [-0.2, 0) is 4.74 Å². The molecule has 0 aromatic rings. The number of morpholine rings is 1. The highest BCUT2D eigenvalue weighted by Crippen LogP contribution is 2.23. The molecule has 4 heteroatoms. The lowest BCUT2D eigenvalue weighted by Crippen LogP contribution is -2.51. The molecule has 3 saturated heterocycles. The van der Waals surface area contributed by atoms with Crippen molar-refractivity contribution in [3.63, 3.8) is 0 Å². The zero-order chi connectivity index (χ0) is 11.7. The van der Waals surface area contributed by atoms with Crippen molar-refractivity contribution < 1.29 is 4.74 Å². The van der Waals surface area contributed by atoms with Crippen LogP contribution in [0.1, 0.15) is 25.7 Å². The second-order valence-corrected chi connectivity index (χ2v) is 5.88. The molecule has 2 N–H and O–H groups in total. The van der Waals surface area contributed by atoms with Crippen LogP contribution in [0.2, 0.25) is 0 Å². The molecule has 3 rings (SSSR count). The highest BCUT2D eigenvalue weighted by molar-refractivity contribution is 4.87. The molecular formula is C13H25N3O. The van der Waals surface area contributed by atoms with Crippen molar-refractivity contribution in [2.45, 2.75) is 43.9 Å². The van der Waals surface area contributed by atoms with Crippen molar-refractivity contribution in [3.05, 3.63) is 0 Å². The van der Waals surface area contributed by atoms with E-state index in [1.165, 1.54) is 19.4 Å². The van der Waals surface area contributed by atoms with Gasteiger partial charge in [-0.05, 0) is 45.3 Å². The maximum absolute atomic E-state index is 6.01. The predicted molar refractivity (Wildman–Crippen MR) is 68.0 cm³/mol. The van der Waals surface area contributed by atoms with E-state index in [0.717, 1.165) is 51.7 Å². The molecule has 2 unspecified atom stereocenters. The van der Waals surface area contributed by atoms with Crippen molar-refractivity contribution in [2.75, 3.05) is 39.3 Å². The number of rotatable bonds is 2. The summed E-state index contributed by atoms with van der Waals surface area (Å²) in [6, 6.07) is 1.16. The number of piperidine rings is 1. The fourth-order valence-electron chi connectivity index (χ4n) is 3.42. The van der Waals surface area contributed by atoms with Gasteiger partial charge in [-0.3, -0.25) is 4.90 Å². The fourth-order valence-corrected chi connectivity index (χ4v) is 3.42. The lowest BCUT2D eigenvalue weighted by Gasteiger charge is -2.39. The van der Waals surface area contributed by atoms with Gasteiger partial charge in [0, 0.05) is 25.2 Å². The molecule has 4 nitrogen and oxygen atoms in total. The second kappa shape index (κ2) is 5.22. The van der Waals surface area contributed by atoms with Crippen molar-refractivity contribution in [3.8, 4) is 0 Å². The van der Waals surface area contributed by atoms with Gasteiger partial charge in [-0.1, -0.05) is 0 Å². The molecule has 17 heavy (non-hydrogen) atoms. The zero-order valence-electron chi connectivity index (χ0n) is 10.7. The first-order chi connectivity index (χ1) is 8.31. The third-order valence-corrected chi connectivity index (χ3v) is 4.56. The highest BCUT2D eigenvalue weighted by atomic mass is 16.5. The molecule has 0 radical (unpaired) electrons. The van der Waals surface area contributed by atoms with Crippen LogP contribution in [-0.4, -0.2) is 67.3 Å². The summed E-state index contributed by atoms with van der Waals surface area (Å²) < 4.78 is 6.01. The van der Waals surface area contributed by atoms with E-state index in [2.05, 4.69) is 9.80 Å². The number of hydrogen-bond donors (Lipinski definition) is 1. The molecular weight excluding hydrogens is 214 g/mol. The summed E-state index contributed by atoms with van der Waals surface area (Å²) in [6.07, 6.45) is 5.43. The molecule has 0 spiro atoms. The molecule has 3 aliphatic heterocycles. The summed E-state index contributed by atoms with van der Waals surface area (Å²) >= 11 is 0. The zero-order valence-corrected chi connectivity index (χ0v) is 10.7. The Hall–Kier alpha value is -0.160. The van der Waals surface area contributed by atoms with Gasteiger partial charge < -0.3 is 15.4 Å². The van der Waals surface area contributed by atoms with Gasteiger partial charge in [-0.25, -0.2) is 0 Å². The molecule has 0 aliphatic carbocycles. The standard InChI is InChI=1S/C13H25N3O/c14-11-3-6-15(7-4-11)8-13-9-16-5-1-2-12(16)10-17-13/h11-13H,1-10,14H2. The largest absolute Gasteiger partial charge is 0.374 e. The van der Waals surface area contributed by atoms with E-state index in [4.69, 9.17) is 10.5 Å². The average Bonchev–Trinajstić information content (AvgIpc) is 2.79. The average molecular weight is 239 g/mol. The SMILES string of the molecule is NC1CCN(CC2CN3CCCC3CO2)CC1. The van der Waals surface area contributed by atoms with Gasteiger partial charge in [-0.15, -0.1) is 0 Å². The predicted octanol–water partition coefficient (Wildman–Crippen LogP) is 0.273. The Kier molecular flexibility index (Phi) is 3.66. The summed E-state index contributed by atoms with van der Waals surface area (Å²) in [7, 11) is 0. The normalized spacial score (nSPS) is 37.2. The number of nitrogens with zero attached hydrogens (tertiary/aromatic N) is 2. The first kappa shape index (κ1) is 11.9. The lowest BCUT2D eigenvalue weighted by atomic mass is 10.1. The van der Waals surface area contributed by atoms with Crippen LogP contribution in [0, 0.1) is 0 Å². The molecule has 0 amide bonds. The van der Waals surface area contributed by atoms with E-state index in [9.17, 15) is 0 Å². The lowest BCUT2D eigenvalue weighted by molar-refractivity contribution is -0.0629. The van der Waals surface area contributed by atoms with Crippen LogP contribution < -0.4 is 5.73 Å². The first-order valence-electron chi connectivity index (χ1n) is 7.15. The summed E-state index contributed by atoms with van der Waals surface area (Å²) in [5, 5.41) is 0. The van der Waals surface area contributed by atoms with Crippen molar-refractivity contribution >= 4 is 0 Å². The van der Waals surface area contributed by atoms with Crippen molar-refractivity contribution in [2.24, 2.45) is 5.73 Å². The van der Waals surface area contributed by atoms with Crippen LogP contribution in [0.25, 0.3) is 0 Å². The van der Waals surface area contributed by atoms with Crippen LogP contribution in [0.3, 0.4) is 0 Å². The van der Waals surface area contributed by atoms with Crippen LogP contribution in [0.4, 0.5) is 0 Å². The van der Waals surface area contributed by atoms with Gasteiger partial charge >= 0.3 is 0 Å². The molecule has 3 heterocycles. The third kappa shape index (κ3) is 2.81. The Balaban J connectivity index is 1.46. The fraction of sp³-hybridized carbons (Fsp3) is 1.00. The van der Waals surface area contributed by atoms with Crippen molar-refractivity contribution in [1.29, 1.82) is 0 Å². The van der Waals surface area contributed by atoms with Gasteiger partial charge in [0.25, 0.3) is 0 Å². The summed E-state index contributed by atoms with van der Waals surface area (Å²) in [5.74, 6) is 0. The first-order valence-corrected chi connectivity index (χ1v) is 7.15. The molecule has 0 saturated carbocycles. The third-order valence-electron chi connectivity index (χ3n) is 4.56. The van der Waals surface area contributed by atoms with Gasteiger partial charge in [0.1, 0.15) is 0 Å². The Bertz CT molecular complexity index is 253. The Labute approximate surface area is 104 Å². The van der Waals surface area contributed by atoms with Gasteiger partial charge in [0.05, 0.1) is 12.7 Å². The Morgan fingerprint density at radius 2 is 1.94 bits per heavy atom. The number of nitrogens with two attached hydrogens (primary N) is 1. The maximum atomic E-state index is 6.01. The van der Waals surface area contributed by atoms with Crippen molar-refractivity contribution in [1.82, 2.24) is 9.80 Å². The Morgan fingerprint density at radius 1 is 1.12 bits per heavy atom. The minimum Gasteiger partial charge on any atom is -0.374 e. The molecule has 0 bridgehead atoms. The molecule has 3 aliphatic rings. The van der Waals surface area contributed by atoms with Crippen LogP contribution in [0.15, 0.2) is 0 Å². The summed E-state index contributed by atoms with van der Waals surface area (Å²) in [6.45, 7) is 6.81. The monoisotopic (exact) mass is 239 g/mol. The van der Waals surface area contributed by atoms with E-state index in [1.807, 2.05) is 0 Å². The van der Waals surface area contributed by atoms with E-state index in [1.54, 1.807) is 0 Å². The molecule has 0 aromatic heterocycles. The van der Waals surface area contributed by atoms with E-state index < -0.39 is 0 Å². The number of fused-ring (bicyclic) bond motifs is 1. The van der Waals surface area contributed by atoms with Gasteiger partial charge in [-0.2, -0.15) is 0 Å². The highest BCUT2D eigenvalue weighted by Gasteiger charge is 2.33. The topological polar surface area (TPSA) is 41.7 Å². The summed E-state index contributed by atoms with van der Waals surface area (Å²) in [4.78, 5) is 5.16. The van der Waals surface area contributed by atoms with Gasteiger partial charge in [0.2, 0.25) is 0 Å².